The summed E-state index contributed by atoms with van der Waals surface area (Å²) in [5, 5.41) is 3.75. The number of nitrogens with zero attached hydrogens (tertiary/aromatic N) is 1. The highest BCUT2D eigenvalue weighted by Crippen LogP contribution is 2.24. The monoisotopic (exact) mass is 159 g/mol. The second kappa shape index (κ2) is 3.09. The van der Waals surface area contributed by atoms with Crippen molar-refractivity contribution in [2.45, 2.75) is 13.5 Å². The van der Waals surface area contributed by atoms with Crippen molar-refractivity contribution in [3.05, 3.63) is 0 Å². The first-order valence-electron chi connectivity index (χ1n) is 3.27. The van der Waals surface area contributed by atoms with Crippen molar-refractivity contribution >= 4 is 5.90 Å². The second-order valence-corrected chi connectivity index (χ2v) is 2.42. The fourth-order valence-corrected chi connectivity index (χ4v) is 1.24. The molecule has 2 aliphatic heterocycles. The van der Waals surface area contributed by atoms with Gasteiger partial charge in [-0.25, -0.2) is 0 Å². The lowest BCUT2D eigenvalue weighted by molar-refractivity contribution is 0.0553. The maximum absolute atomic E-state index is 5.16. The first-order chi connectivity index (χ1) is 4.92. The van der Waals surface area contributed by atoms with Crippen molar-refractivity contribution in [2.75, 3.05) is 20.3 Å². The molecule has 1 saturated heterocycles. The van der Waals surface area contributed by atoms with Crippen LogP contribution in [-0.4, -0.2) is 32.3 Å². The Bertz CT molecular complexity index is 169. The Morgan fingerprint density at radius 3 is 3.09 bits per heavy atom. The standard InChI is InChI=1S/C6H9NO3.CH4/c1-8-6-4-2-9-3-5(4)10-7-6;/h4-5H,2-3H2,1H3;1H4/t4-,5+;/m0./s1. The third-order valence-corrected chi connectivity index (χ3v) is 1.83. The van der Waals surface area contributed by atoms with Crippen LogP contribution in [0.4, 0.5) is 0 Å². The minimum Gasteiger partial charge on any atom is -0.482 e. The summed E-state index contributed by atoms with van der Waals surface area (Å²) in [5.41, 5.74) is 0. The molecule has 0 radical (unpaired) electrons. The molecule has 0 N–H and O–H groups in total. The van der Waals surface area contributed by atoms with Gasteiger partial charge in [0.15, 0.2) is 6.10 Å². The summed E-state index contributed by atoms with van der Waals surface area (Å²) >= 11 is 0. The van der Waals surface area contributed by atoms with E-state index in [1.54, 1.807) is 7.11 Å². The van der Waals surface area contributed by atoms with E-state index in [2.05, 4.69) is 5.16 Å². The molecule has 0 amide bonds. The quantitative estimate of drug-likeness (QED) is 0.520. The molecule has 0 unspecified atom stereocenters. The van der Waals surface area contributed by atoms with E-state index in [4.69, 9.17) is 14.3 Å². The highest BCUT2D eigenvalue weighted by molar-refractivity contribution is 5.80. The van der Waals surface area contributed by atoms with Gasteiger partial charge in [-0.3, -0.25) is 0 Å². The Labute approximate surface area is 66.1 Å². The SMILES string of the molecule is C.COC1=NO[C@@H]2COC[C@H]12. The van der Waals surface area contributed by atoms with Gasteiger partial charge in [-0.15, -0.1) is 0 Å². The summed E-state index contributed by atoms with van der Waals surface area (Å²) in [4.78, 5) is 5.02. The molecule has 0 aromatic carbocycles. The van der Waals surface area contributed by atoms with E-state index in [0.29, 0.717) is 19.1 Å². The van der Waals surface area contributed by atoms with Crippen LogP contribution in [0.5, 0.6) is 0 Å². The Balaban J connectivity index is 0.000000605. The molecule has 11 heavy (non-hydrogen) atoms. The van der Waals surface area contributed by atoms with Crippen molar-refractivity contribution in [1.82, 2.24) is 0 Å². The van der Waals surface area contributed by atoms with Crippen LogP contribution in [0.25, 0.3) is 0 Å². The normalized spacial score (nSPS) is 33.4. The molecule has 0 aromatic heterocycles. The summed E-state index contributed by atoms with van der Waals surface area (Å²) in [6, 6.07) is 0. The zero-order chi connectivity index (χ0) is 6.97. The first-order valence-corrected chi connectivity index (χ1v) is 3.27. The molecule has 0 saturated carbocycles. The smallest absolute Gasteiger partial charge is 0.234 e. The fraction of sp³-hybridized carbons (Fsp3) is 0.857. The minimum absolute atomic E-state index is 0. The van der Waals surface area contributed by atoms with Crippen LogP contribution < -0.4 is 0 Å². The molecular formula is C7H13NO3. The molecule has 4 heteroatoms. The zero-order valence-electron chi connectivity index (χ0n) is 5.74. The van der Waals surface area contributed by atoms with Gasteiger partial charge in [0.1, 0.15) is 5.92 Å². The first kappa shape index (κ1) is 8.33. The van der Waals surface area contributed by atoms with Crippen LogP contribution in [0.2, 0.25) is 0 Å². The van der Waals surface area contributed by atoms with Crippen LogP contribution in [0, 0.1) is 5.92 Å². The number of hydrogen-bond acceptors (Lipinski definition) is 4. The van der Waals surface area contributed by atoms with E-state index in [0.717, 1.165) is 0 Å². The molecule has 64 valence electrons. The van der Waals surface area contributed by atoms with Gasteiger partial charge >= 0.3 is 0 Å². The minimum atomic E-state index is 0. The predicted octanol–water partition coefficient (Wildman–Crippen LogP) is 0.628. The van der Waals surface area contributed by atoms with Crippen LogP contribution in [0.1, 0.15) is 7.43 Å². The molecule has 1 fully saturated rings. The summed E-state index contributed by atoms with van der Waals surface area (Å²) in [6.45, 7) is 1.32. The van der Waals surface area contributed by atoms with Crippen molar-refractivity contribution in [3.8, 4) is 0 Å². The van der Waals surface area contributed by atoms with Gasteiger partial charge in [-0.1, -0.05) is 12.6 Å². The lowest BCUT2D eigenvalue weighted by Crippen LogP contribution is -2.21. The van der Waals surface area contributed by atoms with Crippen LogP contribution in [-0.2, 0) is 14.3 Å². The highest BCUT2D eigenvalue weighted by atomic mass is 16.7. The molecule has 0 spiro atoms. The largest absolute Gasteiger partial charge is 0.482 e. The number of rotatable bonds is 0. The molecule has 0 aromatic rings. The van der Waals surface area contributed by atoms with E-state index in [-0.39, 0.29) is 19.4 Å². The second-order valence-electron chi connectivity index (χ2n) is 2.42. The topological polar surface area (TPSA) is 40.0 Å². The van der Waals surface area contributed by atoms with E-state index < -0.39 is 0 Å². The van der Waals surface area contributed by atoms with Gasteiger partial charge in [-0.2, -0.15) is 0 Å². The lowest BCUT2D eigenvalue weighted by atomic mass is 10.1. The Morgan fingerprint density at radius 2 is 2.36 bits per heavy atom. The van der Waals surface area contributed by atoms with Crippen LogP contribution in [0.15, 0.2) is 5.16 Å². The third kappa shape index (κ3) is 1.18. The Morgan fingerprint density at radius 1 is 1.55 bits per heavy atom. The van der Waals surface area contributed by atoms with Gasteiger partial charge in [0.25, 0.3) is 0 Å². The zero-order valence-corrected chi connectivity index (χ0v) is 5.74. The summed E-state index contributed by atoms with van der Waals surface area (Å²) in [7, 11) is 1.60. The number of oxime groups is 1. The van der Waals surface area contributed by atoms with Crippen LogP contribution >= 0.6 is 0 Å². The van der Waals surface area contributed by atoms with E-state index >= 15 is 0 Å². The fourth-order valence-electron chi connectivity index (χ4n) is 1.24. The molecule has 2 aliphatic rings. The van der Waals surface area contributed by atoms with Crippen molar-refractivity contribution in [3.63, 3.8) is 0 Å². The molecule has 2 atom stereocenters. The molecule has 0 aliphatic carbocycles. The molecule has 4 nitrogen and oxygen atoms in total. The summed E-state index contributed by atoms with van der Waals surface area (Å²) in [6.07, 6.45) is 0.106. The maximum Gasteiger partial charge on any atom is 0.234 e. The van der Waals surface area contributed by atoms with Gasteiger partial charge in [0.05, 0.1) is 20.3 Å². The van der Waals surface area contributed by atoms with Crippen molar-refractivity contribution in [1.29, 1.82) is 0 Å². The Kier molecular flexibility index (Phi) is 2.34. The van der Waals surface area contributed by atoms with Gasteiger partial charge in [0, 0.05) is 0 Å². The van der Waals surface area contributed by atoms with Gasteiger partial charge < -0.3 is 14.3 Å². The average molecular weight is 159 g/mol. The number of hydrogen-bond donors (Lipinski definition) is 0. The summed E-state index contributed by atoms with van der Waals surface area (Å²) < 4.78 is 10.1. The third-order valence-electron chi connectivity index (χ3n) is 1.83. The van der Waals surface area contributed by atoms with Gasteiger partial charge in [0.2, 0.25) is 5.90 Å². The number of ether oxygens (including phenoxy) is 2. The molecular weight excluding hydrogens is 146 g/mol. The molecule has 2 rings (SSSR count). The van der Waals surface area contributed by atoms with Crippen molar-refractivity contribution in [2.24, 2.45) is 11.1 Å². The Hall–Kier alpha value is -0.770. The van der Waals surface area contributed by atoms with E-state index in [1.165, 1.54) is 0 Å². The molecule has 0 bridgehead atoms. The van der Waals surface area contributed by atoms with E-state index in [9.17, 15) is 0 Å². The summed E-state index contributed by atoms with van der Waals surface area (Å²) in [5.74, 6) is 0.910. The number of methoxy groups -OCH3 is 1. The number of fused-ring (bicyclic) bond motifs is 1. The highest BCUT2D eigenvalue weighted by Gasteiger charge is 2.40. The maximum atomic E-state index is 5.16. The van der Waals surface area contributed by atoms with Gasteiger partial charge in [-0.05, 0) is 0 Å². The average Bonchev–Trinajstić information content (AvgIpc) is 2.44. The predicted molar refractivity (Wildman–Crippen MR) is 40.4 cm³/mol. The van der Waals surface area contributed by atoms with Crippen molar-refractivity contribution < 1.29 is 14.3 Å². The van der Waals surface area contributed by atoms with Crippen LogP contribution in [0.3, 0.4) is 0 Å². The lowest BCUT2D eigenvalue weighted by Gasteiger charge is -2.03. The molecule has 2 heterocycles. The van der Waals surface area contributed by atoms with E-state index in [1.807, 2.05) is 0 Å².